The van der Waals surface area contributed by atoms with Crippen molar-refractivity contribution in [1.29, 1.82) is 0 Å². The van der Waals surface area contributed by atoms with Gasteiger partial charge in [0.05, 0.1) is 24.4 Å². The van der Waals surface area contributed by atoms with Crippen molar-refractivity contribution in [3.63, 3.8) is 0 Å². The van der Waals surface area contributed by atoms with Crippen molar-refractivity contribution in [2.24, 2.45) is 5.92 Å². The van der Waals surface area contributed by atoms with Gasteiger partial charge in [0, 0.05) is 18.9 Å². The largest absolute Gasteiger partial charge is 0.465 e. The van der Waals surface area contributed by atoms with Gasteiger partial charge in [0.1, 0.15) is 0 Å². The molecule has 0 aliphatic carbocycles. The number of nitrogens with one attached hydrogen (secondary N) is 1. The number of carbonyl (C=O) groups is 1. The van der Waals surface area contributed by atoms with Gasteiger partial charge in [-0.15, -0.1) is 0 Å². The monoisotopic (exact) mass is 339 g/mol. The van der Waals surface area contributed by atoms with Crippen LogP contribution in [0.3, 0.4) is 0 Å². The van der Waals surface area contributed by atoms with Crippen LogP contribution in [-0.4, -0.2) is 37.9 Å². The third-order valence-corrected chi connectivity index (χ3v) is 5.57. The maximum absolute atomic E-state index is 11.7. The molecule has 0 amide bonds. The number of hydrogen-bond acceptors (Lipinski definition) is 4. The van der Waals surface area contributed by atoms with Crippen LogP contribution in [0.5, 0.6) is 0 Å². The third-order valence-electron chi connectivity index (χ3n) is 5.57. The molecule has 2 fully saturated rings. The summed E-state index contributed by atoms with van der Waals surface area (Å²) in [5.41, 5.74) is 1.79. The van der Waals surface area contributed by atoms with E-state index in [1.54, 1.807) is 0 Å². The zero-order chi connectivity index (χ0) is 17.4. The lowest BCUT2D eigenvalue weighted by molar-refractivity contribution is -0.0389. The third kappa shape index (κ3) is 3.29. The first-order chi connectivity index (χ1) is 12.1. The van der Waals surface area contributed by atoms with Gasteiger partial charge in [-0.2, -0.15) is 0 Å². The summed E-state index contributed by atoms with van der Waals surface area (Å²) in [4.78, 5) is 11.7. The average Bonchev–Trinajstić information content (AvgIpc) is 2.96. The highest BCUT2D eigenvalue weighted by Crippen LogP contribution is 2.39. The zero-order valence-electron chi connectivity index (χ0n) is 14.9. The molecule has 1 N–H and O–H groups in total. The van der Waals surface area contributed by atoms with Gasteiger partial charge in [0.2, 0.25) is 0 Å². The lowest BCUT2D eigenvalue weighted by Crippen LogP contribution is -2.37. The van der Waals surface area contributed by atoms with Crippen LogP contribution in [0.1, 0.15) is 35.7 Å². The van der Waals surface area contributed by atoms with E-state index >= 15 is 0 Å². The van der Waals surface area contributed by atoms with Crippen molar-refractivity contribution in [2.75, 3.05) is 20.2 Å². The quantitative estimate of drug-likeness (QED) is 0.872. The Bertz CT molecular complexity index is 787. The molecule has 0 radical (unpaired) electrons. The predicted octanol–water partition coefficient (Wildman–Crippen LogP) is 3.33. The second-order valence-electron chi connectivity index (χ2n) is 7.63. The molecule has 25 heavy (non-hydrogen) atoms. The number of fused-ring (bicyclic) bond motifs is 2. The van der Waals surface area contributed by atoms with Gasteiger partial charge in [-0.1, -0.05) is 24.3 Å². The Morgan fingerprint density at radius 3 is 2.88 bits per heavy atom. The van der Waals surface area contributed by atoms with E-state index in [1.807, 2.05) is 18.2 Å². The number of methoxy groups -OCH3 is 1. The molecule has 4 nitrogen and oxygen atoms in total. The Morgan fingerprint density at radius 2 is 2.08 bits per heavy atom. The molecule has 2 aromatic carbocycles. The summed E-state index contributed by atoms with van der Waals surface area (Å²) in [6, 6.07) is 12.2. The van der Waals surface area contributed by atoms with Crippen LogP contribution >= 0.6 is 0 Å². The molecule has 4 heteroatoms. The van der Waals surface area contributed by atoms with Gasteiger partial charge in [-0.3, -0.25) is 0 Å². The lowest BCUT2D eigenvalue weighted by atomic mass is 9.86. The summed E-state index contributed by atoms with van der Waals surface area (Å²) in [6.07, 6.45) is 3.57. The van der Waals surface area contributed by atoms with Crippen LogP contribution in [-0.2, 0) is 15.9 Å². The van der Waals surface area contributed by atoms with Gasteiger partial charge in [0.25, 0.3) is 0 Å². The Kier molecular flexibility index (Phi) is 4.26. The standard InChI is InChI=1S/C21H25NO3/c1-21(12-18-13-22-8-7-19(18)25-21)11-14-3-4-16-10-17(20(23)24-2)6-5-15(16)9-14/h3-6,9-10,18-19,22H,7-8,11-13H2,1-2H3/t18-,19+,21+/m1/s1. The van der Waals surface area contributed by atoms with E-state index in [1.165, 1.54) is 12.7 Å². The summed E-state index contributed by atoms with van der Waals surface area (Å²) in [5, 5.41) is 5.69. The van der Waals surface area contributed by atoms with E-state index in [0.29, 0.717) is 17.6 Å². The zero-order valence-corrected chi connectivity index (χ0v) is 14.9. The molecule has 132 valence electrons. The summed E-state index contributed by atoms with van der Waals surface area (Å²) in [7, 11) is 1.41. The van der Waals surface area contributed by atoms with Gasteiger partial charge in [0.15, 0.2) is 0 Å². The molecular weight excluding hydrogens is 314 g/mol. The second-order valence-corrected chi connectivity index (χ2v) is 7.63. The first-order valence-electron chi connectivity index (χ1n) is 9.06. The second kappa shape index (κ2) is 6.43. The van der Waals surface area contributed by atoms with Crippen LogP contribution in [0.4, 0.5) is 0 Å². The number of hydrogen-bond donors (Lipinski definition) is 1. The molecular formula is C21H25NO3. The predicted molar refractivity (Wildman–Crippen MR) is 97.9 cm³/mol. The molecule has 2 aromatic rings. The summed E-state index contributed by atoms with van der Waals surface area (Å²) in [5.74, 6) is 0.343. The minimum atomic E-state index is -0.297. The molecule has 3 atom stereocenters. The molecule has 4 rings (SSSR count). The van der Waals surface area contributed by atoms with Gasteiger partial charge in [-0.05, 0) is 54.8 Å². The summed E-state index contributed by atoms with van der Waals surface area (Å²) < 4.78 is 11.2. The Balaban J connectivity index is 1.55. The minimum Gasteiger partial charge on any atom is -0.465 e. The van der Waals surface area contributed by atoms with Crippen LogP contribution in [0.15, 0.2) is 36.4 Å². The first-order valence-corrected chi connectivity index (χ1v) is 9.06. The Hall–Kier alpha value is -1.91. The average molecular weight is 339 g/mol. The smallest absolute Gasteiger partial charge is 0.337 e. The number of esters is 1. The molecule has 0 aromatic heterocycles. The highest BCUT2D eigenvalue weighted by Gasteiger charge is 2.43. The van der Waals surface area contributed by atoms with E-state index in [0.717, 1.165) is 43.1 Å². The van der Waals surface area contributed by atoms with Crippen molar-refractivity contribution in [2.45, 2.75) is 37.9 Å². The number of benzene rings is 2. The van der Waals surface area contributed by atoms with E-state index in [9.17, 15) is 4.79 Å². The van der Waals surface area contributed by atoms with Crippen molar-refractivity contribution >= 4 is 16.7 Å². The van der Waals surface area contributed by atoms with Crippen LogP contribution in [0, 0.1) is 5.92 Å². The fourth-order valence-corrected chi connectivity index (χ4v) is 4.42. The Morgan fingerprint density at radius 1 is 1.28 bits per heavy atom. The van der Waals surface area contributed by atoms with E-state index in [4.69, 9.17) is 9.47 Å². The molecule has 0 saturated carbocycles. The topological polar surface area (TPSA) is 47.6 Å². The van der Waals surface area contributed by atoms with Crippen molar-refractivity contribution in [3.05, 3.63) is 47.5 Å². The maximum Gasteiger partial charge on any atom is 0.337 e. The molecule has 2 heterocycles. The van der Waals surface area contributed by atoms with Gasteiger partial charge < -0.3 is 14.8 Å². The van der Waals surface area contributed by atoms with Crippen LogP contribution in [0.2, 0.25) is 0 Å². The molecule has 2 aliphatic rings. The number of rotatable bonds is 3. The number of ether oxygens (including phenoxy) is 2. The fourth-order valence-electron chi connectivity index (χ4n) is 4.42. The van der Waals surface area contributed by atoms with Crippen molar-refractivity contribution in [3.8, 4) is 0 Å². The van der Waals surface area contributed by atoms with Crippen LogP contribution < -0.4 is 5.32 Å². The molecule has 2 aliphatic heterocycles. The summed E-state index contributed by atoms with van der Waals surface area (Å²) >= 11 is 0. The van der Waals surface area contributed by atoms with Crippen molar-refractivity contribution in [1.82, 2.24) is 5.32 Å². The molecule has 0 unspecified atom stereocenters. The van der Waals surface area contributed by atoms with E-state index in [2.05, 4.69) is 30.4 Å². The maximum atomic E-state index is 11.7. The number of piperidine rings is 1. The summed E-state index contributed by atoms with van der Waals surface area (Å²) in [6.45, 7) is 4.39. The van der Waals surface area contributed by atoms with Gasteiger partial charge in [-0.25, -0.2) is 4.79 Å². The highest BCUT2D eigenvalue weighted by atomic mass is 16.5. The fraction of sp³-hybridized carbons (Fsp3) is 0.476. The Labute approximate surface area is 148 Å². The number of carbonyl (C=O) groups excluding carboxylic acids is 1. The van der Waals surface area contributed by atoms with E-state index < -0.39 is 0 Å². The minimum absolute atomic E-state index is 0.0824. The highest BCUT2D eigenvalue weighted by molar-refractivity contribution is 5.95. The molecule has 0 spiro atoms. The molecule has 2 saturated heterocycles. The molecule has 0 bridgehead atoms. The first kappa shape index (κ1) is 16.6. The van der Waals surface area contributed by atoms with Crippen molar-refractivity contribution < 1.29 is 14.3 Å². The van der Waals surface area contributed by atoms with E-state index in [-0.39, 0.29) is 11.6 Å². The van der Waals surface area contributed by atoms with Crippen LogP contribution in [0.25, 0.3) is 10.8 Å². The SMILES string of the molecule is COC(=O)c1ccc2cc(C[C@@]3(C)C[C@@H]4CNCC[C@@H]4O3)ccc2c1. The van der Waals surface area contributed by atoms with Gasteiger partial charge >= 0.3 is 5.97 Å². The lowest BCUT2D eigenvalue weighted by Gasteiger charge is -2.26. The normalized spacial score (nSPS) is 28.7.